The third-order valence-electron chi connectivity index (χ3n) is 2.62. The molecule has 1 atom stereocenters. The lowest BCUT2D eigenvalue weighted by Crippen LogP contribution is -2.13. The smallest absolute Gasteiger partial charge is 0.170 e. The molecule has 2 N–H and O–H groups in total. The van der Waals surface area contributed by atoms with Crippen molar-refractivity contribution in [3.63, 3.8) is 0 Å². The summed E-state index contributed by atoms with van der Waals surface area (Å²) in [6, 6.07) is 7.80. The van der Waals surface area contributed by atoms with E-state index in [9.17, 15) is 4.39 Å². The van der Waals surface area contributed by atoms with Crippen LogP contribution in [0.25, 0.3) is 0 Å². The summed E-state index contributed by atoms with van der Waals surface area (Å²) in [6.45, 7) is 1.82. The van der Waals surface area contributed by atoms with Crippen molar-refractivity contribution >= 4 is 0 Å². The molecule has 17 heavy (non-hydrogen) atoms. The molecule has 0 saturated carbocycles. The quantitative estimate of drug-likeness (QED) is 0.889. The number of benzene rings is 1. The number of aryl methyl sites for hydroxylation is 1. The van der Waals surface area contributed by atoms with Gasteiger partial charge < -0.3 is 14.9 Å². The van der Waals surface area contributed by atoms with Crippen molar-refractivity contribution in [2.75, 3.05) is 7.11 Å². The normalized spacial score (nSPS) is 12.5. The van der Waals surface area contributed by atoms with Gasteiger partial charge in [-0.3, -0.25) is 0 Å². The van der Waals surface area contributed by atoms with E-state index in [1.807, 2.05) is 6.92 Å². The highest BCUT2D eigenvalue weighted by Gasteiger charge is 2.18. The molecule has 2 rings (SSSR count). The number of ether oxygens (including phenoxy) is 1. The molecule has 0 aliphatic heterocycles. The lowest BCUT2D eigenvalue weighted by Gasteiger charge is -2.12. The van der Waals surface area contributed by atoms with Crippen LogP contribution in [0.3, 0.4) is 0 Å². The minimum Gasteiger partial charge on any atom is -0.494 e. The molecule has 0 aliphatic carbocycles. The number of furan rings is 1. The first-order valence-corrected chi connectivity index (χ1v) is 5.27. The number of hydrogen-bond donors (Lipinski definition) is 1. The van der Waals surface area contributed by atoms with Gasteiger partial charge in [-0.1, -0.05) is 12.1 Å². The van der Waals surface area contributed by atoms with E-state index in [1.165, 1.54) is 7.11 Å². The molecular formula is C13H14FNO2. The fourth-order valence-corrected chi connectivity index (χ4v) is 1.70. The van der Waals surface area contributed by atoms with Crippen LogP contribution in [0.5, 0.6) is 5.75 Å². The Bertz CT molecular complexity index is 522. The Morgan fingerprint density at radius 3 is 2.65 bits per heavy atom. The first kappa shape index (κ1) is 11.7. The van der Waals surface area contributed by atoms with Gasteiger partial charge >= 0.3 is 0 Å². The molecule has 0 aliphatic rings. The summed E-state index contributed by atoms with van der Waals surface area (Å²) in [5.41, 5.74) is 6.32. The fraction of sp³-hybridized carbons (Fsp3) is 0.231. The van der Waals surface area contributed by atoms with Crippen molar-refractivity contribution in [3.05, 3.63) is 53.2 Å². The van der Waals surface area contributed by atoms with Crippen molar-refractivity contribution in [3.8, 4) is 5.75 Å². The van der Waals surface area contributed by atoms with Crippen molar-refractivity contribution in [2.24, 2.45) is 5.73 Å². The maximum Gasteiger partial charge on any atom is 0.170 e. The second-order valence-corrected chi connectivity index (χ2v) is 3.79. The number of hydrogen-bond acceptors (Lipinski definition) is 3. The van der Waals surface area contributed by atoms with E-state index in [-0.39, 0.29) is 5.75 Å². The Morgan fingerprint density at radius 1 is 1.29 bits per heavy atom. The summed E-state index contributed by atoms with van der Waals surface area (Å²) >= 11 is 0. The van der Waals surface area contributed by atoms with Crippen LogP contribution in [0.15, 0.2) is 34.7 Å². The van der Waals surface area contributed by atoms with Crippen LogP contribution in [-0.2, 0) is 0 Å². The van der Waals surface area contributed by atoms with Gasteiger partial charge in [0.1, 0.15) is 11.5 Å². The molecule has 0 fully saturated rings. The first-order valence-electron chi connectivity index (χ1n) is 5.27. The molecule has 3 nitrogen and oxygen atoms in total. The van der Waals surface area contributed by atoms with Gasteiger partial charge in [0.2, 0.25) is 0 Å². The van der Waals surface area contributed by atoms with E-state index in [0.29, 0.717) is 11.3 Å². The fourth-order valence-electron chi connectivity index (χ4n) is 1.70. The molecule has 1 heterocycles. The summed E-state index contributed by atoms with van der Waals surface area (Å²) in [5.74, 6) is 1.02. The second-order valence-electron chi connectivity index (χ2n) is 3.79. The van der Waals surface area contributed by atoms with Gasteiger partial charge in [0.05, 0.1) is 13.2 Å². The average molecular weight is 235 g/mol. The third-order valence-corrected chi connectivity index (χ3v) is 2.62. The van der Waals surface area contributed by atoms with E-state index in [0.717, 1.165) is 5.76 Å². The van der Waals surface area contributed by atoms with E-state index in [2.05, 4.69) is 0 Å². The zero-order valence-electron chi connectivity index (χ0n) is 9.74. The van der Waals surface area contributed by atoms with Gasteiger partial charge in [-0.2, -0.15) is 0 Å². The predicted octanol–water partition coefficient (Wildman–Crippen LogP) is 2.78. The molecule has 1 unspecified atom stereocenters. The van der Waals surface area contributed by atoms with Crippen molar-refractivity contribution < 1.29 is 13.5 Å². The Morgan fingerprint density at radius 2 is 2.06 bits per heavy atom. The molecule has 4 heteroatoms. The Labute approximate surface area is 99.0 Å². The topological polar surface area (TPSA) is 48.4 Å². The van der Waals surface area contributed by atoms with Gasteiger partial charge in [0.15, 0.2) is 11.6 Å². The standard InChI is InChI=1S/C13H14FNO2/c1-8-6-7-11(17-8)13(15)9-4-3-5-10(16-2)12(9)14/h3-7,13H,15H2,1-2H3. The number of nitrogens with two attached hydrogens (primary N) is 1. The molecular weight excluding hydrogens is 221 g/mol. The minimum atomic E-state index is -0.626. The molecule has 0 spiro atoms. The number of rotatable bonds is 3. The Balaban J connectivity index is 2.40. The largest absolute Gasteiger partial charge is 0.494 e. The Hall–Kier alpha value is -1.81. The molecule has 90 valence electrons. The van der Waals surface area contributed by atoms with Gasteiger partial charge in [-0.25, -0.2) is 4.39 Å². The van der Waals surface area contributed by atoms with Gasteiger partial charge in [0.25, 0.3) is 0 Å². The van der Waals surface area contributed by atoms with Crippen LogP contribution >= 0.6 is 0 Å². The number of halogens is 1. The summed E-state index contributed by atoms with van der Waals surface area (Å²) < 4.78 is 24.3. The maximum atomic E-state index is 14.0. The van der Waals surface area contributed by atoms with Gasteiger partial charge in [-0.15, -0.1) is 0 Å². The molecule has 0 amide bonds. The van der Waals surface area contributed by atoms with Crippen molar-refractivity contribution in [1.82, 2.24) is 0 Å². The summed E-state index contributed by atoms with van der Waals surface area (Å²) in [6.07, 6.45) is 0. The highest BCUT2D eigenvalue weighted by atomic mass is 19.1. The van der Waals surface area contributed by atoms with Gasteiger partial charge in [0, 0.05) is 5.56 Å². The van der Waals surface area contributed by atoms with Crippen LogP contribution in [0.1, 0.15) is 23.1 Å². The second kappa shape index (κ2) is 4.59. The SMILES string of the molecule is COc1cccc(C(N)c2ccc(C)o2)c1F. The molecule has 0 bridgehead atoms. The van der Waals surface area contributed by atoms with Crippen molar-refractivity contribution in [2.45, 2.75) is 13.0 Å². The molecule has 0 radical (unpaired) electrons. The average Bonchev–Trinajstić information content (AvgIpc) is 2.75. The van der Waals surface area contributed by atoms with Crippen LogP contribution in [-0.4, -0.2) is 7.11 Å². The first-order chi connectivity index (χ1) is 8.13. The molecule has 2 aromatic rings. The van der Waals surface area contributed by atoms with E-state index in [4.69, 9.17) is 14.9 Å². The Kier molecular flexibility index (Phi) is 3.15. The van der Waals surface area contributed by atoms with Crippen LogP contribution in [0, 0.1) is 12.7 Å². The summed E-state index contributed by atoms with van der Waals surface area (Å²) in [7, 11) is 1.42. The highest BCUT2D eigenvalue weighted by Crippen LogP contribution is 2.28. The maximum absolute atomic E-state index is 14.0. The van der Waals surface area contributed by atoms with E-state index in [1.54, 1.807) is 30.3 Å². The number of methoxy groups -OCH3 is 1. The predicted molar refractivity (Wildman–Crippen MR) is 62.4 cm³/mol. The molecule has 0 saturated heterocycles. The summed E-state index contributed by atoms with van der Waals surface area (Å²) in [4.78, 5) is 0. The zero-order chi connectivity index (χ0) is 12.4. The van der Waals surface area contributed by atoms with E-state index < -0.39 is 11.9 Å². The van der Waals surface area contributed by atoms with Crippen LogP contribution in [0.2, 0.25) is 0 Å². The highest BCUT2D eigenvalue weighted by molar-refractivity contribution is 5.36. The molecule has 1 aromatic carbocycles. The summed E-state index contributed by atoms with van der Waals surface area (Å²) in [5, 5.41) is 0. The van der Waals surface area contributed by atoms with Crippen LogP contribution in [0.4, 0.5) is 4.39 Å². The lowest BCUT2D eigenvalue weighted by atomic mass is 10.0. The van der Waals surface area contributed by atoms with Gasteiger partial charge in [-0.05, 0) is 25.1 Å². The van der Waals surface area contributed by atoms with Crippen molar-refractivity contribution in [1.29, 1.82) is 0 Å². The zero-order valence-corrected chi connectivity index (χ0v) is 9.74. The molecule has 1 aromatic heterocycles. The monoisotopic (exact) mass is 235 g/mol. The minimum absolute atomic E-state index is 0.182. The third kappa shape index (κ3) is 2.17. The lowest BCUT2D eigenvalue weighted by molar-refractivity contribution is 0.381. The van der Waals surface area contributed by atoms with Crippen LogP contribution < -0.4 is 10.5 Å². The van der Waals surface area contributed by atoms with E-state index >= 15 is 0 Å².